The van der Waals surface area contributed by atoms with Crippen molar-refractivity contribution in [3.8, 4) is 0 Å². The molecule has 0 spiro atoms. The fourth-order valence-electron chi connectivity index (χ4n) is 0.828. The van der Waals surface area contributed by atoms with Gasteiger partial charge in [0, 0.05) is 19.6 Å². The molecule has 10 heavy (non-hydrogen) atoms. The van der Waals surface area contributed by atoms with E-state index in [9.17, 15) is 4.79 Å². The quantitative estimate of drug-likeness (QED) is 0.366. The maximum atomic E-state index is 10.3. The van der Waals surface area contributed by atoms with E-state index in [4.69, 9.17) is 5.11 Å². The van der Waals surface area contributed by atoms with Crippen LogP contribution in [0.5, 0.6) is 0 Å². The van der Waals surface area contributed by atoms with Crippen molar-refractivity contribution in [3.05, 3.63) is 0 Å². The summed E-state index contributed by atoms with van der Waals surface area (Å²) in [5.74, 6) is -0.776. The van der Waals surface area contributed by atoms with Crippen molar-refractivity contribution in [2.45, 2.75) is 6.04 Å². The van der Waals surface area contributed by atoms with E-state index in [2.05, 4.69) is 10.6 Å². The Kier molecular flexibility index (Phi) is 4.74. The molecule has 1 aliphatic rings. The summed E-state index contributed by atoms with van der Waals surface area (Å²) < 4.78 is 0. The number of carboxylic acid groups (broad SMARTS) is 1. The van der Waals surface area contributed by atoms with Crippen LogP contribution in [0.4, 0.5) is 0 Å². The van der Waals surface area contributed by atoms with Gasteiger partial charge in [0.15, 0.2) is 0 Å². The van der Waals surface area contributed by atoms with Gasteiger partial charge in [-0.25, -0.2) is 0 Å². The van der Waals surface area contributed by atoms with E-state index in [0.29, 0.717) is 6.54 Å². The first kappa shape index (κ1) is 9.99. The van der Waals surface area contributed by atoms with Gasteiger partial charge in [-0.2, -0.15) is 0 Å². The monoisotopic (exact) mass is 138 g/mol. The molecular weight excluding hydrogens is 127 g/mol. The van der Waals surface area contributed by atoms with Crippen LogP contribution in [0.25, 0.3) is 0 Å². The zero-order chi connectivity index (χ0) is 6.69. The van der Waals surface area contributed by atoms with Crippen molar-refractivity contribution >= 4 is 24.8 Å². The Balaban J connectivity index is 0.000000810. The Labute approximate surface area is 71.5 Å². The Morgan fingerprint density at radius 3 is 2.50 bits per heavy atom. The fraction of sp³-hybridized carbons (Fsp3) is 0.800. The van der Waals surface area contributed by atoms with Crippen LogP contribution in [0.3, 0.4) is 0 Å². The molecule has 0 aromatic carbocycles. The molecule has 1 atom stereocenters. The predicted octanol–water partition coefficient (Wildman–Crippen LogP) is -2.02. The second kappa shape index (κ2) is 4.75. The summed E-state index contributed by atoms with van der Waals surface area (Å²) >= 11 is 0. The Bertz CT molecular complexity index is 114. The predicted molar refractivity (Wildman–Crippen MR) is 39.4 cm³/mol. The topological polar surface area (TPSA) is 61.4 Å². The summed E-state index contributed by atoms with van der Waals surface area (Å²) in [5.41, 5.74) is 0. The summed E-state index contributed by atoms with van der Waals surface area (Å²) in [6.07, 6.45) is 0. The summed E-state index contributed by atoms with van der Waals surface area (Å²) in [5, 5.41) is 14.3. The minimum absolute atomic E-state index is 0. The molecule has 54 valence electrons. The summed E-state index contributed by atoms with van der Waals surface area (Å²) in [7, 11) is 0. The molecule has 1 aliphatic heterocycles. The zero-order valence-corrected chi connectivity index (χ0v) is 5.05. The van der Waals surface area contributed by atoms with Crippen molar-refractivity contribution in [1.82, 2.24) is 10.6 Å². The molecule has 0 aliphatic carbocycles. The zero-order valence-electron chi connectivity index (χ0n) is 5.05. The molecule has 3 N–H and O–H groups in total. The van der Waals surface area contributed by atoms with Crippen molar-refractivity contribution in [1.29, 1.82) is 0 Å². The Morgan fingerprint density at radius 2 is 2.20 bits per heavy atom. The van der Waals surface area contributed by atoms with Crippen LogP contribution >= 0.6 is 0 Å². The first-order chi connectivity index (χ1) is 4.30. The molecule has 5 heteroatoms. The Morgan fingerprint density at radius 1 is 1.50 bits per heavy atom. The van der Waals surface area contributed by atoms with Gasteiger partial charge in [0.25, 0.3) is 0 Å². The molecule has 0 radical (unpaired) electrons. The second-order valence-corrected chi connectivity index (χ2v) is 2.05. The van der Waals surface area contributed by atoms with Gasteiger partial charge in [-0.15, -0.1) is 0 Å². The second-order valence-electron chi connectivity index (χ2n) is 2.05. The number of hydrogen-bond donors (Lipinski definition) is 3. The van der Waals surface area contributed by atoms with Crippen LogP contribution in [0, 0.1) is 0 Å². The number of carboxylic acids is 1. The van der Waals surface area contributed by atoms with Gasteiger partial charge < -0.3 is 15.7 Å². The number of carbonyl (C=O) groups is 1. The average molecular weight is 138 g/mol. The third-order valence-electron chi connectivity index (χ3n) is 1.34. The number of piperazine rings is 1. The molecule has 1 rings (SSSR count). The normalized spacial score (nSPS) is 25.0. The summed E-state index contributed by atoms with van der Waals surface area (Å²) in [6.45, 7) is 2.15. The number of hydrogen-bond acceptors (Lipinski definition) is 3. The van der Waals surface area contributed by atoms with Gasteiger partial charge in [0.2, 0.25) is 0 Å². The van der Waals surface area contributed by atoms with Gasteiger partial charge in [-0.3, -0.25) is 4.79 Å². The van der Waals surface area contributed by atoms with Crippen molar-refractivity contribution in [3.63, 3.8) is 0 Å². The van der Waals surface area contributed by atoms with E-state index in [1.807, 2.05) is 0 Å². The van der Waals surface area contributed by atoms with Gasteiger partial charge in [0.05, 0.1) is 0 Å². The maximum absolute atomic E-state index is 10.3. The van der Waals surface area contributed by atoms with Gasteiger partial charge in [-0.05, 0) is 0 Å². The van der Waals surface area contributed by atoms with Crippen LogP contribution in [0.1, 0.15) is 0 Å². The first-order valence-electron chi connectivity index (χ1n) is 2.97. The van der Waals surface area contributed by atoms with Gasteiger partial charge >= 0.3 is 24.8 Å². The third kappa shape index (κ3) is 2.71. The van der Waals surface area contributed by atoms with Crippen LogP contribution in [0.2, 0.25) is 0 Å². The molecule has 1 unspecified atom stereocenters. The first-order valence-corrected chi connectivity index (χ1v) is 2.97. The van der Waals surface area contributed by atoms with E-state index in [1.165, 1.54) is 0 Å². The van der Waals surface area contributed by atoms with E-state index >= 15 is 0 Å². The SMILES string of the molecule is O=C(O)C1CNCCN1.[LiH]. The number of aliphatic carboxylic acids is 1. The van der Waals surface area contributed by atoms with Crippen molar-refractivity contribution < 1.29 is 9.90 Å². The standard InChI is InChI=1S/C5H10N2O2.Li.H/c8-5(9)4-3-6-1-2-7-4;;/h4,6-7H,1-3H2,(H,8,9);;. The number of nitrogens with one attached hydrogen (secondary N) is 2. The van der Waals surface area contributed by atoms with E-state index in [1.54, 1.807) is 0 Å². The molecule has 1 saturated heterocycles. The molecule has 0 aromatic heterocycles. The fourth-order valence-corrected chi connectivity index (χ4v) is 0.828. The molecule has 1 heterocycles. The number of rotatable bonds is 1. The molecule has 0 saturated carbocycles. The average Bonchev–Trinajstić information content (AvgIpc) is 1.90. The minimum atomic E-state index is -0.776. The summed E-state index contributed by atoms with van der Waals surface area (Å²) in [4.78, 5) is 10.3. The molecule has 0 amide bonds. The van der Waals surface area contributed by atoms with E-state index < -0.39 is 12.0 Å². The molecular formula is C5H11LiN2O2. The van der Waals surface area contributed by atoms with Gasteiger partial charge in [-0.1, -0.05) is 0 Å². The van der Waals surface area contributed by atoms with E-state index in [-0.39, 0.29) is 18.9 Å². The van der Waals surface area contributed by atoms with Crippen LogP contribution in [0.15, 0.2) is 0 Å². The van der Waals surface area contributed by atoms with Crippen LogP contribution in [-0.2, 0) is 4.79 Å². The van der Waals surface area contributed by atoms with Gasteiger partial charge in [0.1, 0.15) is 6.04 Å². The van der Waals surface area contributed by atoms with Crippen LogP contribution in [-0.4, -0.2) is 55.6 Å². The molecule has 1 fully saturated rings. The summed E-state index contributed by atoms with van der Waals surface area (Å²) in [6, 6.07) is -0.390. The Hall–Kier alpha value is -0.0126. The van der Waals surface area contributed by atoms with Crippen molar-refractivity contribution in [2.24, 2.45) is 0 Å². The molecule has 0 aromatic rings. The van der Waals surface area contributed by atoms with Crippen LogP contribution < -0.4 is 10.6 Å². The van der Waals surface area contributed by atoms with E-state index in [0.717, 1.165) is 13.1 Å². The third-order valence-corrected chi connectivity index (χ3v) is 1.34. The molecule has 0 bridgehead atoms. The van der Waals surface area contributed by atoms with Crippen molar-refractivity contribution in [2.75, 3.05) is 19.6 Å². The molecule has 4 nitrogen and oxygen atoms in total.